The second-order valence-electron chi connectivity index (χ2n) is 3.46. The van der Waals surface area contributed by atoms with Crippen molar-refractivity contribution in [3.63, 3.8) is 0 Å². The van der Waals surface area contributed by atoms with Gasteiger partial charge in [-0.3, -0.25) is 0 Å². The Kier molecular flexibility index (Phi) is 3.10. The fourth-order valence-electron chi connectivity index (χ4n) is 1.45. The molecule has 0 aliphatic carbocycles. The molecule has 1 unspecified atom stereocenters. The van der Waals surface area contributed by atoms with Crippen LogP contribution in [0.1, 0.15) is 5.56 Å². The van der Waals surface area contributed by atoms with Crippen LogP contribution in [0.25, 0.3) is 0 Å². The summed E-state index contributed by atoms with van der Waals surface area (Å²) < 4.78 is 5.20. The van der Waals surface area contributed by atoms with Crippen LogP contribution in [0.5, 0.6) is 0 Å². The molecule has 1 atom stereocenters. The fraction of sp³-hybridized carbons (Fsp3) is 0.273. The average molecular weight is 240 g/mol. The number of benzene rings is 1. The normalized spacial score (nSPS) is 19.1. The minimum atomic E-state index is -0.964. The molecule has 16 heavy (non-hydrogen) atoms. The quantitative estimate of drug-likeness (QED) is 0.875. The molecule has 4 nitrogen and oxygen atoms in total. The van der Waals surface area contributed by atoms with Gasteiger partial charge in [0.15, 0.2) is 11.9 Å². The number of carbonyl (C=O) groups is 1. The van der Waals surface area contributed by atoms with Crippen LogP contribution >= 0.6 is 11.6 Å². The van der Waals surface area contributed by atoms with E-state index in [-0.39, 0.29) is 6.61 Å². The van der Waals surface area contributed by atoms with Crippen molar-refractivity contribution in [1.82, 2.24) is 0 Å². The van der Waals surface area contributed by atoms with Crippen LogP contribution < -0.4 is 0 Å². The van der Waals surface area contributed by atoms with Gasteiger partial charge in [-0.1, -0.05) is 29.8 Å². The zero-order valence-corrected chi connectivity index (χ0v) is 9.15. The number of ether oxygens (including phenoxy) is 1. The Hall–Kier alpha value is -1.55. The van der Waals surface area contributed by atoms with Gasteiger partial charge in [0.1, 0.15) is 6.61 Å². The van der Waals surface area contributed by atoms with Gasteiger partial charge in [0.05, 0.1) is 6.42 Å². The summed E-state index contributed by atoms with van der Waals surface area (Å²) in [5.41, 5.74) is 0.883. The summed E-state index contributed by atoms with van der Waals surface area (Å²) in [5, 5.41) is 9.37. The maximum atomic E-state index is 10.7. The van der Waals surface area contributed by atoms with E-state index in [9.17, 15) is 4.79 Å². The number of aliphatic imine (C=N–C) groups is 1. The van der Waals surface area contributed by atoms with Gasteiger partial charge in [-0.05, 0) is 11.6 Å². The molecule has 2 rings (SSSR count). The van der Waals surface area contributed by atoms with Crippen LogP contribution in [0.2, 0.25) is 5.02 Å². The lowest BCUT2D eigenvalue weighted by Gasteiger charge is -2.03. The molecule has 1 aromatic rings. The van der Waals surface area contributed by atoms with Gasteiger partial charge in [0, 0.05) is 5.02 Å². The minimum absolute atomic E-state index is 0.106. The summed E-state index contributed by atoms with van der Waals surface area (Å²) in [5.74, 6) is -0.533. The van der Waals surface area contributed by atoms with Crippen molar-refractivity contribution >= 4 is 23.5 Å². The molecule has 1 aliphatic heterocycles. The van der Waals surface area contributed by atoms with Crippen LogP contribution in [-0.4, -0.2) is 29.6 Å². The van der Waals surface area contributed by atoms with Crippen molar-refractivity contribution in [3.8, 4) is 0 Å². The van der Waals surface area contributed by atoms with E-state index in [2.05, 4.69) is 4.99 Å². The summed E-state index contributed by atoms with van der Waals surface area (Å²) >= 11 is 5.97. The summed E-state index contributed by atoms with van der Waals surface area (Å²) in [6.45, 7) is 0.106. The van der Waals surface area contributed by atoms with Gasteiger partial charge in [-0.15, -0.1) is 0 Å². The molecule has 0 saturated carbocycles. The number of nitrogens with zero attached hydrogens (tertiary/aromatic N) is 1. The predicted octanol–water partition coefficient (Wildman–Crippen LogP) is 1.76. The van der Waals surface area contributed by atoms with Crippen molar-refractivity contribution < 1.29 is 14.6 Å². The first-order chi connectivity index (χ1) is 7.66. The van der Waals surface area contributed by atoms with Gasteiger partial charge >= 0.3 is 5.97 Å². The van der Waals surface area contributed by atoms with Crippen molar-refractivity contribution in [2.45, 2.75) is 12.5 Å². The van der Waals surface area contributed by atoms with Crippen LogP contribution in [0.4, 0.5) is 0 Å². The van der Waals surface area contributed by atoms with E-state index in [0.29, 0.717) is 17.3 Å². The van der Waals surface area contributed by atoms with E-state index in [1.807, 2.05) is 18.2 Å². The predicted molar refractivity (Wildman–Crippen MR) is 60.0 cm³/mol. The zero-order valence-electron chi connectivity index (χ0n) is 8.39. The number of carboxylic acids is 1. The standard InChI is InChI=1S/C11H10ClNO3/c12-8-4-2-1-3-7(8)5-10-13-9(6-16-10)11(14)15/h1-4,9H,5-6H2,(H,14,15). The SMILES string of the molecule is O=C(O)C1COC(Cc2ccccc2Cl)=N1. The Bertz CT molecular complexity index is 445. The third kappa shape index (κ3) is 2.33. The molecule has 1 N–H and O–H groups in total. The van der Waals surface area contributed by atoms with E-state index >= 15 is 0 Å². The molecule has 0 spiro atoms. The van der Waals surface area contributed by atoms with Gasteiger partial charge in [-0.25, -0.2) is 9.79 Å². The van der Waals surface area contributed by atoms with Crippen LogP contribution in [0, 0.1) is 0 Å². The summed E-state index contributed by atoms with van der Waals surface area (Å²) in [6, 6.07) is 6.57. The molecular weight excluding hydrogens is 230 g/mol. The minimum Gasteiger partial charge on any atom is -0.480 e. The molecule has 0 amide bonds. The average Bonchev–Trinajstić information content (AvgIpc) is 2.70. The Morgan fingerprint density at radius 1 is 1.56 bits per heavy atom. The Morgan fingerprint density at radius 3 is 2.94 bits per heavy atom. The topological polar surface area (TPSA) is 58.9 Å². The van der Waals surface area contributed by atoms with Gasteiger partial charge in [-0.2, -0.15) is 0 Å². The van der Waals surface area contributed by atoms with E-state index < -0.39 is 12.0 Å². The van der Waals surface area contributed by atoms with Crippen molar-refractivity contribution in [2.24, 2.45) is 4.99 Å². The highest BCUT2D eigenvalue weighted by molar-refractivity contribution is 6.31. The third-order valence-electron chi connectivity index (χ3n) is 2.29. The monoisotopic (exact) mass is 239 g/mol. The molecule has 0 bridgehead atoms. The summed E-state index contributed by atoms with van der Waals surface area (Å²) in [6.07, 6.45) is 0.434. The van der Waals surface area contributed by atoms with Gasteiger partial charge < -0.3 is 9.84 Å². The van der Waals surface area contributed by atoms with Gasteiger partial charge in [0.2, 0.25) is 0 Å². The van der Waals surface area contributed by atoms with E-state index in [0.717, 1.165) is 5.56 Å². The first-order valence-corrected chi connectivity index (χ1v) is 5.20. The summed E-state index contributed by atoms with van der Waals surface area (Å²) in [4.78, 5) is 14.6. The largest absolute Gasteiger partial charge is 0.480 e. The fourth-order valence-corrected chi connectivity index (χ4v) is 1.65. The molecule has 1 aromatic carbocycles. The van der Waals surface area contributed by atoms with E-state index in [1.165, 1.54) is 0 Å². The number of hydrogen-bond acceptors (Lipinski definition) is 3. The Balaban J connectivity index is 2.09. The molecule has 0 fully saturated rings. The molecule has 0 radical (unpaired) electrons. The second kappa shape index (κ2) is 4.53. The lowest BCUT2D eigenvalue weighted by molar-refractivity contribution is -0.138. The van der Waals surface area contributed by atoms with Crippen molar-refractivity contribution in [3.05, 3.63) is 34.9 Å². The van der Waals surface area contributed by atoms with E-state index in [4.69, 9.17) is 21.4 Å². The van der Waals surface area contributed by atoms with Crippen molar-refractivity contribution in [2.75, 3.05) is 6.61 Å². The Morgan fingerprint density at radius 2 is 2.31 bits per heavy atom. The highest BCUT2D eigenvalue weighted by atomic mass is 35.5. The van der Waals surface area contributed by atoms with Gasteiger partial charge in [0.25, 0.3) is 0 Å². The number of rotatable bonds is 3. The number of halogens is 1. The maximum Gasteiger partial charge on any atom is 0.332 e. The molecule has 0 aromatic heterocycles. The number of hydrogen-bond donors (Lipinski definition) is 1. The lowest BCUT2D eigenvalue weighted by Crippen LogP contribution is -2.18. The Labute approximate surface area is 97.5 Å². The molecule has 5 heteroatoms. The number of carboxylic acid groups (broad SMARTS) is 1. The lowest BCUT2D eigenvalue weighted by atomic mass is 10.1. The molecule has 1 aliphatic rings. The maximum absolute atomic E-state index is 10.7. The number of aliphatic carboxylic acids is 1. The highest BCUT2D eigenvalue weighted by Crippen LogP contribution is 2.18. The third-order valence-corrected chi connectivity index (χ3v) is 2.66. The second-order valence-corrected chi connectivity index (χ2v) is 3.86. The molecule has 0 saturated heterocycles. The first kappa shape index (κ1) is 11.0. The zero-order chi connectivity index (χ0) is 11.5. The smallest absolute Gasteiger partial charge is 0.332 e. The van der Waals surface area contributed by atoms with Crippen LogP contribution in [0.3, 0.4) is 0 Å². The van der Waals surface area contributed by atoms with Crippen LogP contribution in [-0.2, 0) is 16.0 Å². The van der Waals surface area contributed by atoms with E-state index in [1.54, 1.807) is 6.07 Å². The molecule has 1 heterocycles. The molecular formula is C11H10ClNO3. The summed E-state index contributed by atoms with van der Waals surface area (Å²) in [7, 11) is 0. The van der Waals surface area contributed by atoms with Crippen molar-refractivity contribution in [1.29, 1.82) is 0 Å². The molecule has 84 valence electrons. The first-order valence-electron chi connectivity index (χ1n) is 4.82. The van der Waals surface area contributed by atoms with Crippen LogP contribution in [0.15, 0.2) is 29.3 Å². The highest BCUT2D eigenvalue weighted by Gasteiger charge is 2.25.